The van der Waals surface area contributed by atoms with Crippen LogP contribution in [0.15, 0.2) is 71.6 Å². The number of nitrogens with one attached hydrogen (secondary N) is 1. The smallest absolute Gasteiger partial charge is 0.264 e. The number of sulfonamides is 1. The van der Waals surface area contributed by atoms with E-state index in [9.17, 15) is 13.2 Å². The predicted octanol–water partition coefficient (Wildman–Crippen LogP) is 4.69. The van der Waals surface area contributed by atoms with Crippen molar-refractivity contribution in [1.82, 2.24) is 0 Å². The van der Waals surface area contributed by atoms with E-state index in [2.05, 4.69) is 5.32 Å². The van der Waals surface area contributed by atoms with Gasteiger partial charge in [-0.3, -0.25) is 9.10 Å². The molecular weight excluding hydrogens is 384 g/mol. The lowest BCUT2D eigenvalue weighted by molar-refractivity contribution is 0.102. The minimum absolute atomic E-state index is 0.228. The molecule has 3 rings (SSSR count). The molecule has 0 aliphatic carbocycles. The number of benzene rings is 3. The Morgan fingerprint density at radius 2 is 1.55 bits per heavy atom. The molecule has 6 heteroatoms. The van der Waals surface area contributed by atoms with Crippen LogP contribution in [0.1, 0.15) is 27.0 Å². The Hall–Kier alpha value is -3.12. The summed E-state index contributed by atoms with van der Waals surface area (Å²) in [6.45, 7) is 5.66. The van der Waals surface area contributed by atoms with Crippen LogP contribution in [-0.2, 0) is 10.0 Å². The lowest BCUT2D eigenvalue weighted by Crippen LogP contribution is -2.27. The quantitative estimate of drug-likeness (QED) is 0.666. The number of amides is 1. The average molecular weight is 409 g/mol. The van der Waals surface area contributed by atoms with Gasteiger partial charge in [0.15, 0.2) is 0 Å². The van der Waals surface area contributed by atoms with Gasteiger partial charge < -0.3 is 5.32 Å². The summed E-state index contributed by atoms with van der Waals surface area (Å²) in [5, 5.41) is 2.87. The fourth-order valence-corrected chi connectivity index (χ4v) is 4.33. The fourth-order valence-electron chi connectivity index (χ4n) is 3.07. The number of hydrogen-bond acceptors (Lipinski definition) is 3. The SMILES string of the molecule is Cc1ccc(S(=O)(=O)N(C)c2ccc(C(=O)Nc3cccc(C)c3)cc2C)cc1. The zero-order valence-corrected chi connectivity index (χ0v) is 17.7. The Morgan fingerprint density at radius 3 is 2.17 bits per heavy atom. The first-order chi connectivity index (χ1) is 13.7. The zero-order valence-electron chi connectivity index (χ0n) is 16.9. The van der Waals surface area contributed by atoms with E-state index in [4.69, 9.17) is 0 Å². The van der Waals surface area contributed by atoms with Crippen LogP contribution in [0.25, 0.3) is 0 Å². The summed E-state index contributed by atoms with van der Waals surface area (Å²) in [4.78, 5) is 12.8. The summed E-state index contributed by atoms with van der Waals surface area (Å²) in [5.74, 6) is -0.241. The van der Waals surface area contributed by atoms with E-state index in [0.717, 1.165) is 16.8 Å². The Balaban J connectivity index is 1.85. The highest BCUT2D eigenvalue weighted by Crippen LogP contribution is 2.26. The van der Waals surface area contributed by atoms with Gasteiger partial charge in [0.05, 0.1) is 10.6 Å². The minimum atomic E-state index is -3.68. The van der Waals surface area contributed by atoms with E-state index in [-0.39, 0.29) is 10.8 Å². The molecule has 0 fully saturated rings. The Labute approximate surface area is 172 Å². The number of anilines is 2. The van der Waals surface area contributed by atoms with Crippen LogP contribution < -0.4 is 9.62 Å². The highest BCUT2D eigenvalue weighted by molar-refractivity contribution is 7.92. The molecule has 0 bridgehead atoms. The van der Waals surface area contributed by atoms with Gasteiger partial charge in [-0.25, -0.2) is 8.42 Å². The number of carbonyl (C=O) groups is 1. The second kappa shape index (κ2) is 8.09. The summed E-state index contributed by atoms with van der Waals surface area (Å²) < 4.78 is 27.1. The highest BCUT2D eigenvalue weighted by Gasteiger charge is 2.23. The van der Waals surface area contributed by atoms with E-state index in [1.54, 1.807) is 49.4 Å². The third-order valence-corrected chi connectivity index (χ3v) is 6.54. The van der Waals surface area contributed by atoms with Crippen LogP contribution in [0.2, 0.25) is 0 Å². The van der Waals surface area contributed by atoms with Crippen LogP contribution >= 0.6 is 0 Å². The van der Waals surface area contributed by atoms with Crippen molar-refractivity contribution in [3.63, 3.8) is 0 Å². The Bertz CT molecular complexity index is 1150. The third kappa shape index (κ3) is 4.49. The van der Waals surface area contributed by atoms with Crippen molar-refractivity contribution in [3.8, 4) is 0 Å². The molecule has 0 spiro atoms. The number of rotatable bonds is 5. The van der Waals surface area contributed by atoms with Crippen LogP contribution in [0.4, 0.5) is 11.4 Å². The van der Waals surface area contributed by atoms with Gasteiger partial charge in [-0.05, 0) is 74.4 Å². The maximum atomic E-state index is 12.9. The molecule has 0 aliphatic rings. The van der Waals surface area contributed by atoms with Gasteiger partial charge in [0.2, 0.25) is 0 Å². The molecule has 29 heavy (non-hydrogen) atoms. The largest absolute Gasteiger partial charge is 0.322 e. The number of carbonyl (C=O) groups excluding carboxylic acids is 1. The van der Waals surface area contributed by atoms with Crippen molar-refractivity contribution in [2.45, 2.75) is 25.7 Å². The lowest BCUT2D eigenvalue weighted by Gasteiger charge is -2.22. The Kier molecular flexibility index (Phi) is 5.75. The van der Waals surface area contributed by atoms with E-state index >= 15 is 0 Å². The summed E-state index contributed by atoms with van der Waals surface area (Å²) in [5.41, 5.74) is 4.45. The normalized spacial score (nSPS) is 11.2. The van der Waals surface area contributed by atoms with Crippen LogP contribution in [0.5, 0.6) is 0 Å². The molecule has 150 valence electrons. The van der Waals surface area contributed by atoms with Gasteiger partial charge in [0.25, 0.3) is 15.9 Å². The van der Waals surface area contributed by atoms with Gasteiger partial charge in [-0.1, -0.05) is 29.8 Å². The first-order valence-corrected chi connectivity index (χ1v) is 10.7. The predicted molar refractivity (Wildman–Crippen MR) is 117 cm³/mol. The summed E-state index contributed by atoms with van der Waals surface area (Å²) >= 11 is 0. The van der Waals surface area contributed by atoms with Gasteiger partial charge >= 0.3 is 0 Å². The van der Waals surface area contributed by atoms with Crippen molar-refractivity contribution in [2.75, 3.05) is 16.7 Å². The molecular formula is C23H24N2O3S. The van der Waals surface area contributed by atoms with E-state index in [0.29, 0.717) is 16.8 Å². The van der Waals surface area contributed by atoms with Crippen molar-refractivity contribution in [3.05, 3.63) is 89.0 Å². The number of aryl methyl sites for hydroxylation is 3. The minimum Gasteiger partial charge on any atom is -0.322 e. The van der Waals surface area contributed by atoms with Crippen LogP contribution in [-0.4, -0.2) is 21.4 Å². The number of hydrogen-bond donors (Lipinski definition) is 1. The van der Waals surface area contributed by atoms with E-state index in [1.165, 1.54) is 11.4 Å². The number of nitrogens with zero attached hydrogens (tertiary/aromatic N) is 1. The van der Waals surface area contributed by atoms with Crippen LogP contribution in [0, 0.1) is 20.8 Å². The second-order valence-electron chi connectivity index (χ2n) is 7.11. The van der Waals surface area contributed by atoms with Gasteiger partial charge in [-0.2, -0.15) is 0 Å². The molecule has 0 saturated carbocycles. The average Bonchev–Trinajstić information content (AvgIpc) is 2.67. The van der Waals surface area contributed by atoms with Crippen molar-refractivity contribution in [1.29, 1.82) is 0 Å². The second-order valence-corrected chi connectivity index (χ2v) is 9.08. The molecule has 0 unspecified atom stereocenters. The zero-order chi connectivity index (χ0) is 21.2. The molecule has 0 heterocycles. The standard InChI is InChI=1S/C23H24N2O3S/c1-16-8-11-21(12-9-16)29(27,28)25(4)22-13-10-19(15-18(22)3)23(26)24-20-7-5-6-17(2)14-20/h5-15H,1-4H3,(H,24,26). The lowest BCUT2D eigenvalue weighted by atomic mass is 10.1. The monoisotopic (exact) mass is 408 g/mol. The summed E-state index contributed by atoms with van der Waals surface area (Å²) in [6.07, 6.45) is 0. The third-order valence-electron chi connectivity index (χ3n) is 4.75. The van der Waals surface area contributed by atoms with E-state index in [1.807, 2.05) is 38.1 Å². The molecule has 1 amide bonds. The first-order valence-electron chi connectivity index (χ1n) is 9.23. The molecule has 3 aromatic rings. The highest BCUT2D eigenvalue weighted by atomic mass is 32.2. The molecule has 0 aromatic heterocycles. The molecule has 0 radical (unpaired) electrons. The summed E-state index contributed by atoms with van der Waals surface area (Å²) in [6, 6.07) is 19.3. The van der Waals surface area contributed by atoms with Gasteiger partial charge in [-0.15, -0.1) is 0 Å². The molecule has 3 aromatic carbocycles. The molecule has 0 atom stereocenters. The van der Waals surface area contributed by atoms with Crippen molar-refractivity contribution >= 4 is 27.3 Å². The molecule has 1 N–H and O–H groups in total. The Morgan fingerprint density at radius 1 is 0.862 bits per heavy atom. The van der Waals surface area contributed by atoms with Gasteiger partial charge in [0, 0.05) is 18.3 Å². The maximum absolute atomic E-state index is 12.9. The molecule has 0 aliphatic heterocycles. The molecule has 0 saturated heterocycles. The summed E-state index contributed by atoms with van der Waals surface area (Å²) in [7, 11) is -2.17. The van der Waals surface area contributed by atoms with Crippen molar-refractivity contribution in [2.24, 2.45) is 0 Å². The van der Waals surface area contributed by atoms with Crippen LogP contribution in [0.3, 0.4) is 0 Å². The van der Waals surface area contributed by atoms with E-state index < -0.39 is 10.0 Å². The fraction of sp³-hybridized carbons (Fsp3) is 0.174. The molecule has 5 nitrogen and oxygen atoms in total. The maximum Gasteiger partial charge on any atom is 0.264 e. The van der Waals surface area contributed by atoms with Gasteiger partial charge in [0.1, 0.15) is 0 Å². The topological polar surface area (TPSA) is 66.5 Å². The first kappa shape index (κ1) is 20.6. The van der Waals surface area contributed by atoms with Crippen molar-refractivity contribution < 1.29 is 13.2 Å².